The van der Waals surface area contributed by atoms with Crippen molar-refractivity contribution < 1.29 is 0 Å². The molecule has 3 nitrogen and oxygen atoms in total. The molecule has 0 spiro atoms. The lowest BCUT2D eigenvalue weighted by Crippen LogP contribution is -2.32. The third-order valence-electron chi connectivity index (χ3n) is 4.30. The molecule has 3 N–H and O–H groups in total. The number of nitrogens with one attached hydrogen (secondary N) is 1. The molecule has 116 valence electrons. The number of nitrogens with two attached hydrogens (primary N) is 1. The number of hydrogen-bond acceptors (Lipinski definition) is 2. The fourth-order valence-electron chi connectivity index (χ4n) is 2.89. The van der Waals surface area contributed by atoms with Gasteiger partial charge in [0, 0.05) is 5.56 Å². The van der Waals surface area contributed by atoms with Gasteiger partial charge in [0.05, 0.1) is 6.04 Å². The van der Waals surface area contributed by atoms with Crippen LogP contribution in [0.3, 0.4) is 0 Å². The van der Waals surface area contributed by atoms with Crippen LogP contribution in [0.15, 0.2) is 29.3 Å². The van der Waals surface area contributed by atoms with Crippen LogP contribution in [-0.2, 0) is 5.41 Å². The molecule has 0 heterocycles. The smallest absolute Gasteiger partial charge is 0.142 e. The van der Waals surface area contributed by atoms with Gasteiger partial charge in [-0.05, 0) is 23.8 Å². The Bertz CT molecular complexity index is 460. The van der Waals surface area contributed by atoms with E-state index in [2.05, 4.69) is 50.5 Å². The van der Waals surface area contributed by atoms with E-state index >= 15 is 0 Å². The first kappa shape index (κ1) is 16.0. The molecule has 1 aromatic carbocycles. The van der Waals surface area contributed by atoms with Crippen LogP contribution in [0.4, 0.5) is 0 Å². The zero-order chi connectivity index (χ0) is 15.3. The minimum absolute atomic E-state index is 0.174. The molecular formula is C18H29N3. The lowest BCUT2D eigenvalue weighted by atomic mass is 9.86. The van der Waals surface area contributed by atoms with E-state index in [9.17, 15) is 0 Å². The molecule has 0 bridgehead atoms. The normalized spacial score (nSPS) is 18.4. The van der Waals surface area contributed by atoms with Gasteiger partial charge in [-0.3, -0.25) is 4.99 Å². The summed E-state index contributed by atoms with van der Waals surface area (Å²) in [5, 5.41) is 0. The van der Waals surface area contributed by atoms with Gasteiger partial charge in [0.15, 0.2) is 0 Å². The van der Waals surface area contributed by atoms with Crippen LogP contribution in [0.1, 0.15) is 70.4 Å². The van der Waals surface area contributed by atoms with Gasteiger partial charge in [0.2, 0.25) is 0 Å². The molecule has 0 aromatic heterocycles. The number of hydrogen-bond donors (Lipinski definition) is 2. The zero-order valence-electron chi connectivity index (χ0n) is 13.7. The topological polar surface area (TPSA) is 50.4 Å². The van der Waals surface area contributed by atoms with Gasteiger partial charge in [-0.15, -0.1) is 0 Å². The fraction of sp³-hybridized carbons (Fsp3) is 0.611. The second-order valence-electron chi connectivity index (χ2n) is 7.09. The SMILES string of the molecule is CC(C)(C)c1ccc(C(=NC2CCCCCC2)NN)cc1. The van der Waals surface area contributed by atoms with Crippen LogP contribution >= 0.6 is 0 Å². The van der Waals surface area contributed by atoms with Crippen LogP contribution in [0.25, 0.3) is 0 Å². The van der Waals surface area contributed by atoms with Crippen molar-refractivity contribution in [2.24, 2.45) is 10.8 Å². The molecule has 21 heavy (non-hydrogen) atoms. The summed E-state index contributed by atoms with van der Waals surface area (Å²) in [6.45, 7) is 6.68. The largest absolute Gasteiger partial charge is 0.308 e. The van der Waals surface area contributed by atoms with Crippen molar-refractivity contribution in [3.63, 3.8) is 0 Å². The Morgan fingerprint density at radius 3 is 2.10 bits per heavy atom. The summed E-state index contributed by atoms with van der Waals surface area (Å²) in [7, 11) is 0. The summed E-state index contributed by atoms with van der Waals surface area (Å²) in [5.41, 5.74) is 5.38. The molecule has 0 atom stereocenters. The van der Waals surface area contributed by atoms with E-state index < -0.39 is 0 Å². The summed E-state index contributed by atoms with van der Waals surface area (Å²) in [5.74, 6) is 6.53. The monoisotopic (exact) mass is 287 g/mol. The maximum atomic E-state index is 5.70. The average molecular weight is 287 g/mol. The van der Waals surface area contributed by atoms with E-state index in [1.807, 2.05) is 0 Å². The molecule has 1 aliphatic carbocycles. The van der Waals surface area contributed by atoms with Gasteiger partial charge in [-0.25, -0.2) is 5.84 Å². The van der Waals surface area contributed by atoms with E-state index in [1.165, 1.54) is 44.1 Å². The zero-order valence-corrected chi connectivity index (χ0v) is 13.7. The Kier molecular flexibility index (Phi) is 5.40. The van der Waals surface area contributed by atoms with E-state index in [0.717, 1.165) is 11.4 Å². The summed E-state index contributed by atoms with van der Waals surface area (Å²) >= 11 is 0. The van der Waals surface area contributed by atoms with Gasteiger partial charge >= 0.3 is 0 Å². The fourth-order valence-corrected chi connectivity index (χ4v) is 2.89. The van der Waals surface area contributed by atoms with E-state index in [-0.39, 0.29) is 5.41 Å². The van der Waals surface area contributed by atoms with Crippen LogP contribution in [0.5, 0.6) is 0 Å². The Hall–Kier alpha value is -1.35. The molecule has 1 aliphatic rings. The highest BCUT2D eigenvalue weighted by Crippen LogP contribution is 2.23. The molecule has 0 radical (unpaired) electrons. The van der Waals surface area contributed by atoms with E-state index in [4.69, 9.17) is 10.8 Å². The predicted octanol–water partition coefficient (Wildman–Crippen LogP) is 3.92. The van der Waals surface area contributed by atoms with Gasteiger partial charge in [-0.1, -0.05) is 70.7 Å². The Balaban J connectivity index is 2.16. The predicted molar refractivity (Wildman–Crippen MR) is 90.5 cm³/mol. The maximum Gasteiger partial charge on any atom is 0.142 e. The van der Waals surface area contributed by atoms with Gasteiger partial charge in [0.1, 0.15) is 5.84 Å². The Morgan fingerprint density at radius 2 is 1.62 bits per heavy atom. The van der Waals surface area contributed by atoms with Crippen molar-refractivity contribution in [1.82, 2.24) is 5.43 Å². The third kappa shape index (κ3) is 4.57. The first-order valence-corrected chi connectivity index (χ1v) is 8.16. The first-order valence-electron chi connectivity index (χ1n) is 8.16. The quantitative estimate of drug-likeness (QED) is 0.285. The summed E-state index contributed by atoms with van der Waals surface area (Å²) in [4.78, 5) is 4.86. The van der Waals surface area contributed by atoms with Crippen molar-refractivity contribution in [2.45, 2.75) is 70.8 Å². The third-order valence-corrected chi connectivity index (χ3v) is 4.30. The highest BCUT2D eigenvalue weighted by molar-refractivity contribution is 5.98. The van der Waals surface area contributed by atoms with Gasteiger partial charge in [-0.2, -0.15) is 0 Å². The summed E-state index contributed by atoms with van der Waals surface area (Å²) in [6, 6.07) is 9.01. The standard InChI is InChI=1S/C18H29N3/c1-18(2,3)15-12-10-14(11-13-15)17(21-19)20-16-8-6-4-5-7-9-16/h10-13,16H,4-9,19H2,1-3H3,(H,20,21). The number of aliphatic imine (C=N–C) groups is 1. The van der Waals surface area contributed by atoms with E-state index in [1.54, 1.807) is 0 Å². The second-order valence-corrected chi connectivity index (χ2v) is 7.09. The van der Waals surface area contributed by atoms with Crippen molar-refractivity contribution in [3.05, 3.63) is 35.4 Å². The van der Waals surface area contributed by atoms with Gasteiger partial charge in [0.25, 0.3) is 0 Å². The average Bonchev–Trinajstić information content (AvgIpc) is 2.72. The minimum Gasteiger partial charge on any atom is -0.308 e. The molecule has 0 amide bonds. The number of amidine groups is 1. The Labute approximate surface area is 129 Å². The van der Waals surface area contributed by atoms with Crippen LogP contribution < -0.4 is 11.3 Å². The molecule has 1 aromatic rings. The maximum absolute atomic E-state index is 5.70. The van der Waals surface area contributed by atoms with Crippen molar-refractivity contribution >= 4 is 5.84 Å². The van der Waals surface area contributed by atoms with Crippen LogP contribution in [0.2, 0.25) is 0 Å². The number of rotatable bonds is 2. The van der Waals surface area contributed by atoms with Gasteiger partial charge < -0.3 is 5.43 Å². The molecular weight excluding hydrogens is 258 g/mol. The number of hydrazine groups is 1. The molecule has 1 fully saturated rings. The molecule has 2 rings (SSSR count). The van der Waals surface area contributed by atoms with E-state index in [0.29, 0.717) is 6.04 Å². The summed E-state index contributed by atoms with van der Waals surface area (Å²) in [6.07, 6.45) is 7.63. The van der Waals surface area contributed by atoms with Crippen molar-refractivity contribution in [1.29, 1.82) is 0 Å². The number of nitrogens with zero attached hydrogens (tertiary/aromatic N) is 1. The lowest BCUT2D eigenvalue weighted by molar-refractivity contribution is 0.583. The lowest BCUT2D eigenvalue weighted by Gasteiger charge is -2.19. The molecule has 1 saturated carbocycles. The first-order chi connectivity index (χ1) is 10.0. The molecule has 0 saturated heterocycles. The number of benzene rings is 1. The highest BCUT2D eigenvalue weighted by Gasteiger charge is 2.15. The van der Waals surface area contributed by atoms with Crippen LogP contribution in [0, 0.1) is 0 Å². The highest BCUT2D eigenvalue weighted by atomic mass is 15.3. The van der Waals surface area contributed by atoms with Crippen molar-refractivity contribution in [3.8, 4) is 0 Å². The summed E-state index contributed by atoms with van der Waals surface area (Å²) < 4.78 is 0. The minimum atomic E-state index is 0.174. The molecule has 0 aliphatic heterocycles. The van der Waals surface area contributed by atoms with Crippen molar-refractivity contribution in [2.75, 3.05) is 0 Å². The van der Waals surface area contributed by atoms with Crippen LogP contribution in [-0.4, -0.2) is 11.9 Å². The molecule has 3 heteroatoms. The second kappa shape index (κ2) is 7.08. The molecule has 0 unspecified atom stereocenters. The Morgan fingerprint density at radius 1 is 1.05 bits per heavy atom.